The molecule has 188 valence electrons. The van der Waals surface area contributed by atoms with Gasteiger partial charge in [-0.1, -0.05) is 12.1 Å². The molecule has 9 heteroatoms. The summed E-state index contributed by atoms with van der Waals surface area (Å²) in [5, 5.41) is 5.51. The number of nitrogens with zero attached hydrogens (tertiary/aromatic N) is 3. The fourth-order valence-electron chi connectivity index (χ4n) is 4.75. The van der Waals surface area contributed by atoms with Crippen molar-refractivity contribution in [1.82, 2.24) is 15.1 Å². The minimum Gasteiger partial charge on any atom is -0.497 e. The van der Waals surface area contributed by atoms with Crippen LogP contribution in [0.2, 0.25) is 0 Å². The molecule has 0 aliphatic carbocycles. The molecule has 2 heterocycles. The molecule has 2 aliphatic heterocycles. The quantitative estimate of drug-likeness (QED) is 0.583. The molecule has 0 aromatic heterocycles. The van der Waals surface area contributed by atoms with Gasteiger partial charge in [0.05, 0.1) is 25.9 Å². The molecule has 35 heavy (non-hydrogen) atoms. The van der Waals surface area contributed by atoms with Crippen LogP contribution in [-0.2, 0) is 16.0 Å². The summed E-state index contributed by atoms with van der Waals surface area (Å²) in [5.41, 5.74) is 4.14. The Balaban J connectivity index is 1.47. The van der Waals surface area contributed by atoms with Crippen molar-refractivity contribution in [2.45, 2.75) is 12.5 Å². The highest BCUT2D eigenvalue weighted by molar-refractivity contribution is 6.39. The van der Waals surface area contributed by atoms with Gasteiger partial charge in [-0.3, -0.25) is 14.5 Å². The van der Waals surface area contributed by atoms with Gasteiger partial charge in [-0.2, -0.15) is 0 Å². The van der Waals surface area contributed by atoms with E-state index in [1.807, 2.05) is 0 Å². The predicted octanol–water partition coefficient (Wildman–Crippen LogP) is 1.74. The van der Waals surface area contributed by atoms with Gasteiger partial charge in [-0.05, 0) is 42.8 Å². The molecule has 0 spiro atoms. The van der Waals surface area contributed by atoms with Crippen molar-refractivity contribution in [3.8, 4) is 11.5 Å². The van der Waals surface area contributed by atoms with Crippen molar-refractivity contribution in [1.29, 1.82) is 0 Å². The highest BCUT2D eigenvalue weighted by Crippen LogP contribution is 2.32. The normalized spacial score (nSPS) is 17.0. The maximum absolute atomic E-state index is 12.8. The fourth-order valence-corrected chi connectivity index (χ4v) is 4.75. The summed E-state index contributed by atoms with van der Waals surface area (Å²) in [6.45, 7) is 5.10. The Labute approximate surface area is 207 Å². The number of carbonyl (C=O) groups is 2. The summed E-state index contributed by atoms with van der Waals surface area (Å²) in [4.78, 5) is 32.4. The largest absolute Gasteiger partial charge is 0.497 e. The number of hydrogen-bond acceptors (Lipinski definition) is 7. The zero-order valence-corrected chi connectivity index (χ0v) is 21.0. The van der Waals surface area contributed by atoms with Crippen LogP contribution in [0.3, 0.4) is 0 Å². The highest BCUT2D eigenvalue weighted by Gasteiger charge is 2.27. The summed E-state index contributed by atoms with van der Waals surface area (Å²) in [5.74, 6) is -0.427. The first kappa shape index (κ1) is 24.8. The van der Waals surface area contributed by atoms with Gasteiger partial charge in [0, 0.05) is 58.1 Å². The van der Waals surface area contributed by atoms with E-state index in [9.17, 15) is 9.59 Å². The first-order chi connectivity index (χ1) is 16.9. The van der Waals surface area contributed by atoms with Crippen LogP contribution in [0.4, 0.5) is 11.4 Å². The van der Waals surface area contributed by atoms with Crippen LogP contribution >= 0.6 is 0 Å². The molecular weight excluding hydrogens is 446 g/mol. The molecule has 9 nitrogen and oxygen atoms in total. The van der Waals surface area contributed by atoms with E-state index in [4.69, 9.17) is 9.47 Å². The van der Waals surface area contributed by atoms with E-state index >= 15 is 0 Å². The SMILES string of the molecule is COc1ccc(OC)c(NC(=O)C(=O)NCC(c2ccc3c(c2)CCN3C)N2CCN(C)CC2)c1. The average Bonchev–Trinajstić information content (AvgIpc) is 3.24. The van der Waals surface area contributed by atoms with E-state index in [1.165, 1.54) is 31.0 Å². The molecule has 1 saturated heterocycles. The number of nitrogens with one attached hydrogen (secondary N) is 2. The van der Waals surface area contributed by atoms with E-state index in [0.29, 0.717) is 23.7 Å². The number of hydrogen-bond donors (Lipinski definition) is 2. The van der Waals surface area contributed by atoms with Crippen LogP contribution in [0.15, 0.2) is 36.4 Å². The number of benzene rings is 2. The number of ether oxygens (including phenoxy) is 2. The summed E-state index contributed by atoms with van der Waals surface area (Å²) in [6, 6.07) is 11.6. The van der Waals surface area contributed by atoms with Gasteiger partial charge in [0.25, 0.3) is 0 Å². The van der Waals surface area contributed by atoms with Crippen LogP contribution in [-0.4, -0.2) is 89.2 Å². The van der Waals surface area contributed by atoms with Crippen molar-refractivity contribution < 1.29 is 19.1 Å². The van der Waals surface area contributed by atoms with Gasteiger partial charge < -0.3 is 29.9 Å². The third kappa shape index (κ3) is 5.68. The number of methoxy groups -OCH3 is 2. The molecule has 0 bridgehead atoms. The summed E-state index contributed by atoms with van der Waals surface area (Å²) in [6.07, 6.45) is 1.02. The van der Waals surface area contributed by atoms with E-state index < -0.39 is 11.8 Å². The van der Waals surface area contributed by atoms with E-state index in [2.05, 4.69) is 57.6 Å². The lowest BCUT2D eigenvalue weighted by Crippen LogP contribution is -2.49. The molecule has 4 rings (SSSR count). The lowest BCUT2D eigenvalue weighted by Gasteiger charge is -2.38. The Kier molecular flexibility index (Phi) is 7.77. The van der Waals surface area contributed by atoms with Gasteiger partial charge in [-0.15, -0.1) is 0 Å². The first-order valence-corrected chi connectivity index (χ1v) is 12.0. The fraction of sp³-hybridized carbons (Fsp3) is 0.462. The molecule has 2 N–H and O–H groups in total. The minimum atomic E-state index is -0.746. The van der Waals surface area contributed by atoms with E-state index in [0.717, 1.165) is 39.1 Å². The zero-order chi connectivity index (χ0) is 24.9. The predicted molar refractivity (Wildman–Crippen MR) is 136 cm³/mol. The zero-order valence-electron chi connectivity index (χ0n) is 21.0. The Hall–Kier alpha value is -3.30. The molecule has 2 aromatic carbocycles. The van der Waals surface area contributed by atoms with Gasteiger partial charge in [0.1, 0.15) is 11.5 Å². The minimum absolute atomic E-state index is 0.0111. The summed E-state index contributed by atoms with van der Waals surface area (Å²) >= 11 is 0. The van der Waals surface area contributed by atoms with Gasteiger partial charge in [0.2, 0.25) is 0 Å². The van der Waals surface area contributed by atoms with Crippen molar-refractivity contribution in [2.24, 2.45) is 0 Å². The van der Waals surface area contributed by atoms with Crippen LogP contribution < -0.4 is 25.0 Å². The first-order valence-electron chi connectivity index (χ1n) is 12.0. The number of piperazine rings is 1. The maximum Gasteiger partial charge on any atom is 0.313 e. The van der Waals surface area contributed by atoms with Crippen molar-refractivity contribution in [2.75, 3.05) is 77.8 Å². The van der Waals surface area contributed by atoms with Crippen LogP contribution in [0.1, 0.15) is 17.2 Å². The molecule has 2 amide bonds. The Bertz CT molecular complexity index is 1070. The molecule has 0 saturated carbocycles. The molecule has 2 aliphatic rings. The second-order valence-electron chi connectivity index (χ2n) is 9.15. The van der Waals surface area contributed by atoms with Gasteiger partial charge in [0.15, 0.2) is 0 Å². The Morgan fingerprint density at radius 1 is 0.943 bits per heavy atom. The van der Waals surface area contributed by atoms with Crippen molar-refractivity contribution in [3.05, 3.63) is 47.5 Å². The average molecular weight is 482 g/mol. The Morgan fingerprint density at radius 2 is 1.71 bits per heavy atom. The van der Waals surface area contributed by atoms with Gasteiger partial charge >= 0.3 is 11.8 Å². The molecule has 1 unspecified atom stereocenters. The second kappa shape index (κ2) is 11.0. The van der Waals surface area contributed by atoms with Crippen LogP contribution in [0.5, 0.6) is 11.5 Å². The van der Waals surface area contributed by atoms with E-state index in [1.54, 1.807) is 18.2 Å². The maximum atomic E-state index is 12.8. The van der Waals surface area contributed by atoms with Crippen molar-refractivity contribution in [3.63, 3.8) is 0 Å². The molecule has 1 fully saturated rings. The van der Waals surface area contributed by atoms with Gasteiger partial charge in [-0.25, -0.2) is 0 Å². The molecule has 1 atom stereocenters. The standard InChI is InChI=1S/C26H35N5O4/c1-29-11-13-31(14-12-29)23(18-5-7-22-19(15-18)9-10-30(22)2)17-27-25(32)26(33)28-21-16-20(34-3)6-8-24(21)35-4/h5-8,15-16,23H,9-14,17H2,1-4H3,(H,27,32)(H,28,33). The lowest BCUT2D eigenvalue weighted by atomic mass is 10.00. The summed E-state index contributed by atoms with van der Waals surface area (Å²) < 4.78 is 10.5. The highest BCUT2D eigenvalue weighted by atomic mass is 16.5. The van der Waals surface area contributed by atoms with Crippen LogP contribution in [0, 0.1) is 0 Å². The number of rotatable bonds is 7. The number of fused-ring (bicyclic) bond motifs is 1. The molecule has 2 aromatic rings. The van der Waals surface area contributed by atoms with Crippen LogP contribution in [0.25, 0.3) is 0 Å². The second-order valence-corrected chi connectivity index (χ2v) is 9.15. The van der Waals surface area contributed by atoms with E-state index in [-0.39, 0.29) is 6.04 Å². The monoisotopic (exact) mass is 481 g/mol. The molecule has 0 radical (unpaired) electrons. The number of amides is 2. The molecular formula is C26H35N5O4. The third-order valence-corrected chi connectivity index (χ3v) is 6.91. The Morgan fingerprint density at radius 3 is 2.43 bits per heavy atom. The number of likely N-dealkylation sites (N-methyl/N-ethyl adjacent to an activating group) is 2. The topological polar surface area (TPSA) is 86.4 Å². The number of anilines is 2. The summed E-state index contributed by atoms with van der Waals surface area (Å²) in [7, 11) is 7.28. The number of carbonyl (C=O) groups excluding carboxylic acids is 2. The lowest BCUT2D eigenvalue weighted by molar-refractivity contribution is -0.136. The smallest absolute Gasteiger partial charge is 0.313 e. The van der Waals surface area contributed by atoms with Crippen molar-refractivity contribution >= 4 is 23.2 Å². The third-order valence-electron chi connectivity index (χ3n) is 6.91.